The molecule has 2 saturated heterocycles. The van der Waals surface area contributed by atoms with Crippen LogP contribution in [0.2, 0.25) is 0 Å². The van der Waals surface area contributed by atoms with Crippen LogP contribution in [0.5, 0.6) is 0 Å². The number of carbonyl (C=O) groups is 2. The minimum absolute atomic E-state index is 0.0892. The van der Waals surface area contributed by atoms with Gasteiger partial charge in [-0.3, -0.25) is 14.5 Å². The van der Waals surface area contributed by atoms with Crippen LogP contribution in [0.4, 0.5) is 0 Å². The smallest absolute Gasteiger partial charge is 0.267 e. The van der Waals surface area contributed by atoms with Crippen molar-refractivity contribution in [1.82, 2.24) is 19.7 Å². The summed E-state index contributed by atoms with van der Waals surface area (Å²) in [6, 6.07) is 4.07. The van der Waals surface area contributed by atoms with Crippen molar-refractivity contribution in [3.05, 3.63) is 23.5 Å². The number of aliphatic hydroxyl groups is 1. The first-order valence-corrected chi connectivity index (χ1v) is 9.59. The molecule has 7 nitrogen and oxygen atoms in total. The van der Waals surface area contributed by atoms with Gasteiger partial charge < -0.3 is 19.9 Å². The second-order valence-electron chi connectivity index (χ2n) is 7.39. The number of piperidine rings is 1. The fourth-order valence-corrected chi connectivity index (χ4v) is 4.24. The van der Waals surface area contributed by atoms with E-state index in [0.29, 0.717) is 25.2 Å². The van der Waals surface area contributed by atoms with E-state index in [0.717, 1.165) is 44.5 Å². The molecule has 1 aromatic heterocycles. The zero-order chi connectivity index (χ0) is 18.7. The van der Waals surface area contributed by atoms with Crippen LogP contribution < -0.4 is 5.32 Å². The van der Waals surface area contributed by atoms with Gasteiger partial charge in [-0.25, -0.2) is 0 Å². The minimum atomic E-state index is -0.545. The van der Waals surface area contributed by atoms with E-state index in [1.165, 1.54) is 0 Å². The van der Waals surface area contributed by atoms with E-state index in [1.807, 2.05) is 23.7 Å². The molecule has 3 heterocycles. The summed E-state index contributed by atoms with van der Waals surface area (Å²) in [7, 11) is 3.56. The maximum Gasteiger partial charge on any atom is 0.267 e. The number of nitrogens with one attached hydrogen (secondary N) is 1. The van der Waals surface area contributed by atoms with Crippen molar-refractivity contribution in [3.63, 3.8) is 0 Å². The second kappa shape index (κ2) is 8.22. The highest BCUT2D eigenvalue weighted by Crippen LogP contribution is 2.32. The normalized spacial score (nSPS) is 22.7. The molecule has 2 aliphatic rings. The Morgan fingerprint density at radius 1 is 1.27 bits per heavy atom. The van der Waals surface area contributed by atoms with Crippen LogP contribution in [0, 0.1) is 0 Å². The minimum Gasteiger partial charge on any atom is -0.390 e. The van der Waals surface area contributed by atoms with Gasteiger partial charge in [0.25, 0.3) is 5.91 Å². The van der Waals surface area contributed by atoms with E-state index in [9.17, 15) is 14.7 Å². The number of rotatable bonds is 6. The lowest BCUT2D eigenvalue weighted by Crippen LogP contribution is -2.44. The average molecular weight is 362 g/mol. The standard InChI is InChI=1S/C19H30N4O3/c1-20-19(26)17-9-8-15(21(17)2)16-6-3-4-10-22(16)12-14(24)13-23-11-5-7-18(23)25/h8-9,14,16,24H,3-7,10-13H2,1-2H3,(H,20,26)/t14-,16+/m1/s1. The fourth-order valence-electron chi connectivity index (χ4n) is 4.24. The van der Waals surface area contributed by atoms with E-state index in [4.69, 9.17) is 0 Å². The Balaban J connectivity index is 1.69. The third-order valence-corrected chi connectivity index (χ3v) is 5.62. The highest BCUT2D eigenvalue weighted by molar-refractivity contribution is 5.92. The van der Waals surface area contributed by atoms with E-state index < -0.39 is 6.10 Å². The van der Waals surface area contributed by atoms with E-state index >= 15 is 0 Å². The van der Waals surface area contributed by atoms with Gasteiger partial charge >= 0.3 is 0 Å². The van der Waals surface area contributed by atoms with E-state index in [-0.39, 0.29) is 17.9 Å². The fraction of sp³-hybridized carbons (Fsp3) is 0.684. The lowest BCUT2D eigenvalue weighted by Gasteiger charge is -2.37. The van der Waals surface area contributed by atoms with Crippen LogP contribution in [0.15, 0.2) is 12.1 Å². The summed E-state index contributed by atoms with van der Waals surface area (Å²) < 4.78 is 1.96. The highest BCUT2D eigenvalue weighted by Gasteiger charge is 2.30. The molecule has 3 rings (SSSR count). The number of likely N-dealkylation sites (tertiary alicyclic amines) is 2. The Bertz CT molecular complexity index is 657. The number of amides is 2. The molecule has 2 fully saturated rings. The lowest BCUT2D eigenvalue weighted by atomic mass is 9.98. The van der Waals surface area contributed by atoms with Gasteiger partial charge in [-0.05, 0) is 37.9 Å². The summed E-state index contributed by atoms with van der Waals surface area (Å²) in [4.78, 5) is 27.9. The van der Waals surface area contributed by atoms with Crippen molar-refractivity contribution < 1.29 is 14.7 Å². The van der Waals surface area contributed by atoms with Crippen LogP contribution in [-0.2, 0) is 11.8 Å². The van der Waals surface area contributed by atoms with E-state index in [1.54, 1.807) is 11.9 Å². The van der Waals surface area contributed by atoms with Gasteiger partial charge in [0.15, 0.2) is 0 Å². The molecule has 1 aromatic rings. The van der Waals surface area contributed by atoms with Crippen LogP contribution in [-0.4, -0.2) is 70.6 Å². The topological polar surface area (TPSA) is 77.8 Å². The third kappa shape index (κ3) is 3.94. The van der Waals surface area contributed by atoms with Gasteiger partial charge in [0, 0.05) is 45.8 Å². The molecule has 0 bridgehead atoms. The van der Waals surface area contributed by atoms with Gasteiger partial charge in [-0.2, -0.15) is 0 Å². The Morgan fingerprint density at radius 3 is 2.77 bits per heavy atom. The first kappa shape index (κ1) is 18.9. The molecular weight excluding hydrogens is 332 g/mol. The molecule has 2 amide bonds. The summed E-state index contributed by atoms with van der Waals surface area (Å²) in [6.07, 6.45) is 4.21. The molecule has 0 unspecified atom stereocenters. The molecule has 0 aromatic carbocycles. The largest absolute Gasteiger partial charge is 0.390 e. The van der Waals surface area contributed by atoms with Crippen LogP contribution in [0.25, 0.3) is 0 Å². The van der Waals surface area contributed by atoms with Crippen molar-refractivity contribution in [3.8, 4) is 0 Å². The Kier molecular flexibility index (Phi) is 5.98. The number of hydrogen-bond acceptors (Lipinski definition) is 4. The summed E-state index contributed by atoms with van der Waals surface area (Å²) >= 11 is 0. The Hall–Kier alpha value is -1.86. The first-order valence-electron chi connectivity index (χ1n) is 9.59. The SMILES string of the molecule is CNC(=O)c1ccc([C@@H]2CCCCN2C[C@@H](O)CN2CCCC2=O)n1C. The predicted octanol–water partition coefficient (Wildman–Crippen LogP) is 0.895. The first-order chi connectivity index (χ1) is 12.5. The number of aromatic nitrogens is 1. The molecule has 2 aliphatic heterocycles. The zero-order valence-corrected chi connectivity index (χ0v) is 15.8. The average Bonchev–Trinajstić information content (AvgIpc) is 3.20. The van der Waals surface area contributed by atoms with E-state index in [2.05, 4.69) is 10.2 Å². The molecular formula is C19H30N4O3. The Labute approximate surface area is 154 Å². The number of nitrogens with zero attached hydrogens (tertiary/aromatic N) is 3. The summed E-state index contributed by atoms with van der Waals surface area (Å²) in [5.74, 6) is 0.0607. The highest BCUT2D eigenvalue weighted by atomic mass is 16.3. The zero-order valence-electron chi connectivity index (χ0n) is 15.8. The molecule has 0 radical (unpaired) electrons. The molecule has 26 heavy (non-hydrogen) atoms. The van der Waals surface area contributed by atoms with Gasteiger partial charge in [-0.1, -0.05) is 6.42 Å². The van der Waals surface area contributed by atoms with Crippen molar-refractivity contribution in [2.45, 2.75) is 44.2 Å². The molecule has 0 saturated carbocycles. The maximum absolute atomic E-state index is 12.0. The van der Waals surface area contributed by atoms with Crippen LogP contribution in [0.3, 0.4) is 0 Å². The lowest BCUT2D eigenvalue weighted by molar-refractivity contribution is -0.129. The monoisotopic (exact) mass is 362 g/mol. The summed E-state index contributed by atoms with van der Waals surface area (Å²) in [6.45, 7) is 2.65. The van der Waals surface area contributed by atoms with Gasteiger partial charge in [0.1, 0.15) is 5.69 Å². The number of carbonyl (C=O) groups excluding carboxylic acids is 2. The quantitative estimate of drug-likeness (QED) is 0.788. The second-order valence-corrected chi connectivity index (χ2v) is 7.39. The molecule has 2 N–H and O–H groups in total. The van der Waals surface area contributed by atoms with Crippen LogP contribution >= 0.6 is 0 Å². The molecule has 7 heteroatoms. The molecule has 144 valence electrons. The summed E-state index contributed by atoms with van der Waals surface area (Å²) in [5, 5.41) is 13.2. The van der Waals surface area contributed by atoms with Gasteiger partial charge in [0.05, 0.1) is 12.1 Å². The Morgan fingerprint density at radius 2 is 2.08 bits per heavy atom. The predicted molar refractivity (Wildman–Crippen MR) is 98.8 cm³/mol. The molecule has 2 atom stereocenters. The van der Waals surface area contributed by atoms with Gasteiger partial charge in [0.2, 0.25) is 5.91 Å². The molecule has 0 aliphatic carbocycles. The molecule has 0 spiro atoms. The van der Waals surface area contributed by atoms with Crippen molar-refractivity contribution in [2.75, 3.05) is 33.2 Å². The van der Waals surface area contributed by atoms with Crippen LogP contribution in [0.1, 0.15) is 54.3 Å². The van der Waals surface area contributed by atoms with Gasteiger partial charge in [-0.15, -0.1) is 0 Å². The number of β-amino-alcohol motifs (C(OH)–C–C–N with tert-alkyl or cyclic N) is 1. The summed E-state index contributed by atoms with van der Waals surface area (Å²) in [5.41, 5.74) is 1.75. The van der Waals surface area contributed by atoms with Crippen molar-refractivity contribution in [1.29, 1.82) is 0 Å². The van der Waals surface area contributed by atoms with Crippen molar-refractivity contribution in [2.24, 2.45) is 7.05 Å². The number of aliphatic hydroxyl groups excluding tert-OH is 1. The third-order valence-electron chi connectivity index (χ3n) is 5.62. The number of hydrogen-bond donors (Lipinski definition) is 2. The van der Waals surface area contributed by atoms with Crippen molar-refractivity contribution >= 4 is 11.8 Å². The maximum atomic E-state index is 12.0.